The Morgan fingerprint density at radius 3 is 3.10 bits per heavy atom. The third kappa shape index (κ3) is 2.97. The number of nitrogens with one attached hydrogen (secondary N) is 2. The standard InChI is InChI=1S/C14H19N5O2/c1-18(9-10-3-2-6-15-8-10)14-16-12-5-4-11(19(20)21)7-13(12)17-14/h4-5,7,10,15H,2-3,6,8-9H2,1H3,(H,16,17)/t10-/m0/s1. The van der Waals surface area contributed by atoms with Gasteiger partial charge in [0.2, 0.25) is 5.95 Å². The maximum absolute atomic E-state index is 10.8. The number of aromatic amines is 1. The lowest BCUT2D eigenvalue weighted by Crippen LogP contribution is -2.37. The van der Waals surface area contributed by atoms with Gasteiger partial charge in [-0.1, -0.05) is 0 Å². The Morgan fingerprint density at radius 1 is 1.52 bits per heavy atom. The first-order valence-corrected chi connectivity index (χ1v) is 7.19. The lowest BCUT2D eigenvalue weighted by Gasteiger charge is -2.27. The smallest absolute Gasteiger partial charge is 0.271 e. The molecule has 7 heteroatoms. The molecule has 2 heterocycles. The molecule has 0 amide bonds. The molecule has 21 heavy (non-hydrogen) atoms. The van der Waals surface area contributed by atoms with Crippen LogP contribution in [0, 0.1) is 16.0 Å². The van der Waals surface area contributed by atoms with Crippen molar-refractivity contribution >= 4 is 22.7 Å². The van der Waals surface area contributed by atoms with Gasteiger partial charge in [-0.05, 0) is 37.9 Å². The van der Waals surface area contributed by atoms with Crippen molar-refractivity contribution in [1.29, 1.82) is 0 Å². The molecular formula is C14H19N5O2. The number of non-ortho nitro benzene ring substituents is 1. The maximum Gasteiger partial charge on any atom is 0.271 e. The first-order chi connectivity index (χ1) is 10.1. The van der Waals surface area contributed by atoms with E-state index >= 15 is 0 Å². The minimum absolute atomic E-state index is 0.0804. The number of nitro groups is 1. The summed E-state index contributed by atoms with van der Waals surface area (Å²) in [6.07, 6.45) is 2.44. The van der Waals surface area contributed by atoms with Gasteiger partial charge < -0.3 is 15.2 Å². The first kappa shape index (κ1) is 13.8. The Morgan fingerprint density at radius 2 is 2.38 bits per heavy atom. The average molecular weight is 289 g/mol. The largest absolute Gasteiger partial charge is 0.345 e. The highest BCUT2D eigenvalue weighted by molar-refractivity contribution is 5.80. The molecule has 0 saturated carbocycles. The maximum atomic E-state index is 10.8. The number of nitrogens with zero attached hydrogens (tertiary/aromatic N) is 3. The van der Waals surface area contributed by atoms with Crippen molar-refractivity contribution in [2.75, 3.05) is 31.6 Å². The van der Waals surface area contributed by atoms with Gasteiger partial charge in [0.1, 0.15) is 0 Å². The van der Waals surface area contributed by atoms with Crippen LogP contribution < -0.4 is 10.2 Å². The second-order valence-corrected chi connectivity index (χ2v) is 5.61. The van der Waals surface area contributed by atoms with Gasteiger partial charge in [0.05, 0.1) is 16.0 Å². The Hall–Kier alpha value is -2.15. The number of hydrogen-bond acceptors (Lipinski definition) is 5. The van der Waals surface area contributed by atoms with Crippen molar-refractivity contribution in [3.63, 3.8) is 0 Å². The normalized spacial score (nSPS) is 18.8. The van der Waals surface area contributed by atoms with E-state index in [4.69, 9.17) is 0 Å². The number of aromatic nitrogens is 2. The molecular weight excluding hydrogens is 270 g/mol. The highest BCUT2D eigenvalue weighted by Crippen LogP contribution is 2.22. The van der Waals surface area contributed by atoms with Crippen molar-refractivity contribution in [2.45, 2.75) is 12.8 Å². The third-order valence-electron chi connectivity index (χ3n) is 3.96. The average Bonchev–Trinajstić information content (AvgIpc) is 2.91. The van der Waals surface area contributed by atoms with E-state index in [-0.39, 0.29) is 5.69 Å². The summed E-state index contributed by atoms with van der Waals surface area (Å²) in [4.78, 5) is 20.2. The SMILES string of the molecule is CN(C[C@H]1CCCNC1)c1nc2ccc([N+](=O)[O-])cc2[nH]1. The van der Waals surface area contributed by atoms with Crippen molar-refractivity contribution in [3.8, 4) is 0 Å². The number of piperidine rings is 1. The van der Waals surface area contributed by atoms with Gasteiger partial charge >= 0.3 is 0 Å². The van der Waals surface area contributed by atoms with E-state index < -0.39 is 4.92 Å². The molecule has 1 aliphatic rings. The summed E-state index contributed by atoms with van der Waals surface area (Å²) in [6, 6.07) is 4.70. The molecule has 1 fully saturated rings. The number of anilines is 1. The number of H-pyrrole nitrogens is 1. The van der Waals surface area contributed by atoms with E-state index in [0.29, 0.717) is 11.4 Å². The van der Waals surface area contributed by atoms with E-state index in [1.165, 1.54) is 25.0 Å². The second-order valence-electron chi connectivity index (χ2n) is 5.61. The van der Waals surface area contributed by atoms with Crippen LogP contribution in [0.2, 0.25) is 0 Å². The fourth-order valence-corrected chi connectivity index (χ4v) is 2.83. The fourth-order valence-electron chi connectivity index (χ4n) is 2.83. The fraction of sp³-hybridized carbons (Fsp3) is 0.500. The Labute approximate surface area is 122 Å². The monoisotopic (exact) mass is 289 g/mol. The zero-order valence-corrected chi connectivity index (χ0v) is 12.0. The number of nitro benzene ring substituents is 1. The van der Waals surface area contributed by atoms with Crippen molar-refractivity contribution in [2.24, 2.45) is 5.92 Å². The molecule has 0 radical (unpaired) electrons. The Balaban J connectivity index is 1.78. The lowest BCUT2D eigenvalue weighted by molar-refractivity contribution is -0.384. The summed E-state index contributed by atoms with van der Waals surface area (Å²) in [5, 5.41) is 14.2. The van der Waals surface area contributed by atoms with E-state index in [0.717, 1.165) is 31.1 Å². The van der Waals surface area contributed by atoms with Crippen LogP contribution >= 0.6 is 0 Å². The summed E-state index contributed by atoms with van der Waals surface area (Å²) in [6.45, 7) is 3.07. The molecule has 112 valence electrons. The number of fused-ring (bicyclic) bond motifs is 1. The summed E-state index contributed by atoms with van der Waals surface area (Å²) in [5.41, 5.74) is 1.54. The van der Waals surface area contributed by atoms with Gasteiger partial charge in [-0.25, -0.2) is 4.98 Å². The molecule has 3 rings (SSSR count). The molecule has 0 aliphatic carbocycles. The van der Waals surface area contributed by atoms with Crippen LogP contribution in [0.25, 0.3) is 11.0 Å². The molecule has 7 nitrogen and oxygen atoms in total. The predicted octanol–water partition coefficient (Wildman–Crippen LogP) is 1.91. The van der Waals surface area contributed by atoms with Gasteiger partial charge in [0.25, 0.3) is 5.69 Å². The minimum Gasteiger partial charge on any atom is -0.345 e. The zero-order valence-electron chi connectivity index (χ0n) is 12.0. The van der Waals surface area contributed by atoms with Gasteiger partial charge in [-0.15, -0.1) is 0 Å². The summed E-state index contributed by atoms with van der Waals surface area (Å²) in [7, 11) is 2.00. The number of hydrogen-bond donors (Lipinski definition) is 2. The quantitative estimate of drug-likeness (QED) is 0.663. The number of rotatable bonds is 4. The Bertz CT molecular complexity index is 648. The van der Waals surface area contributed by atoms with E-state index in [2.05, 4.69) is 20.2 Å². The predicted molar refractivity (Wildman–Crippen MR) is 81.6 cm³/mol. The van der Waals surface area contributed by atoms with Crippen LogP contribution in [-0.4, -0.2) is 41.6 Å². The lowest BCUT2D eigenvalue weighted by atomic mass is 9.99. The van der Waals surface area contributed by atoms with E-state index in [1.54, 1.807) is 6.07 Å². The van der Waals surface area contributed by atoms with Crippen LogP contribution in [0.1, 0.15) is 12.8 Å². The molecule has 1 saturated heterocycles. The molecule has 1 aliphatic heterocycles. The molecule has 2 aromatic rings. The van der Waals surface area contributed by atoms with Gasteiger partial charge in [0.15, 0.2) is 0 Å². The summed E-state index contributed by atoms with van der Waals surface area (Å²) < 4.78 is 0. The van der Waals surface area contributed by atoms with Crippen LogP contribution in [-0.2, 0) is 0 Å². The summed E-state index contributed by atoms with van der Waals surface area (Å²) in [5.74, 6) is 1.38. The molecule has 1 atom stereocenters. The number of benzene rings is 1. The topological polar surface area (TPSA) is 87.1 Å². The second kappa shape index (κ2) is 5.69. The van der Waals surface area contributed by atoms with Gasteiger partial charge in [0, 0.05) is 25.7 Å². The molecule has 1 aromatic heterocycles. The first-order valence-electron chi connectivity index (χ1n) is 7.19. The highest BCUT2D eigenvalue weighted by Gasteiger charge is 2.17. The van der Waals surface area contributed by atoms with Crippen molar-refractivity contribution in [1.82, 2.24) is 15.3 Å². The number of imidazole rings is 1. The molecule has 1 aromatic carbocycles. The molecule has 2 N–H and O–H groups in total. The van der Waals surface area contributed by atoms with Gasteiger partial charge in [-0.2, -0.15) is 0 Å². The highest BCUT2D eigenvalue weighted by atomic mass is 16.6. The van der Waals surface area contributed by atoms with Gasteiger partial charge in [-0.3, -0.25) is 10.1 Å². The molecule has 0 unspecified atom stereocenters. The molecule has 0 bridgehead atoms. The van der Waals surface area contributed by atoms with Crippen LogP contribution in [0.15, 0.2) is 18.2 Å². The van der Waals surface area contributed by atoms with Crippen LogP contribution in [0.5, 0.6) is 0 Å². The zero-order chi connectivity index (χ0) is 14.8. The minimum atomic E-state index is -0.392. The van der Waals surface area contributed by atoms with Crippen molar-refractivity contribution in [3.05, 3.63) is 28.3 Å². The Kier molecular flexibility index (Phi) is 3.74. The van der Waals surface area contributed by atoms with Crippen molar-refractivity contribution < 1.29 is 4.92 Å². The third-order valence-corrected chi connectivity index (χ3v) is 3.96. The summed E-state index contributed by atoms with van der Waals surface area (Å²) >= 11 is 0. The van der Waals surface area contributed by atoms with E-state index in [9.17, 15) is 10.1 Å². The molecule has 0 spiro atoms. The van der Waals surface area contributed by atoms with Crippen LogP contribution in [0.4, 0.5) is 11.6 Å². The van der Waals surface area contributed by atoms with Crippen LogP contribution in [0.3, 0.4) is 0 Å². The van der Waals surface area contributed by atoms with E-state index in [1.807, 2.05) is 7.05 Å².